The number of aromatic nitrogens is 2. The summed E-state index contributed by atoms with van der Waals surface area (Å²) in [5, 5.41) is 0. The first kappa shape index (κ1) is 17.6. The van der Waals surface area contributed by atoms with Gasteiger partial charge in [-0.15, -0.1) is 0 Å². The van der Waals surface area contributed by atoms with E-state index in [4.69, 9.17) is 4.42 Å². The van der Waals surface area contributed by atoms with Gasteiger partial charge in [-0.3, -0.25) is 4.79 Å². The molecule has 1 aliphatic rings. The Morgan fingerprint density at radius 3 is 2.56 bits per heavy atom. The highest BCUT2D eigenvalue weighted by atomic mass is 19.4. The van der Waals surface area contributed by atoms with Crippen LogP contribution in [0.5, 0.6) is 0 Å². The third kappa shape index (κ3) is 3.17. The lowest BCUT2D eigenvalue weighted by molar-refractivity contribution is -0.147. The number of carbonyl (C=O) groups excluding carboxylic acids is 1. The first-order valence-corrected chi connectivity index (χ1v) is 8.42. The summed E-state index contributed by atoms with van der Waals surface area (Å²) in [5.74, 6) is -1.77. The first-order valence-electron chi connectivity index (χ1n) is 8.42. The van der Waals surface area contributed by atoms with Crippen LogP contribution in [0.25, 0.3) is 11.0 Å². The van der Waals surface area contributed by atoms with Gasteiger partial charge < -0.3 is 13.9 Å². The molecule has 0 aliphatic carbocycles. The smallest absolute Gasteiger partial charge is 0.449 e. The van der Waals surface area contributed by atoms with Crippen molar-refractivity contribution in [3.63, 3.8) is 0 Å². The van der Waals surface area contributed by atoms with E-state index in [2.05, 4.69) is 4.98 Å². The predicted molar refractivity (Wildman–Crippen MR) is 87.6 cm³/mol. The maximum Gasteiger partial charge on any atom is 0.449 e. The summed E-state index contributed by atoms with van der Waals surface area (Å²) < 4.78 is 60.1. The van der Waals surface area contributed by atoms with Crippen molar-refractivity contribution in [3.8, 4) is 0 Å². The van der Waals surface area contributed by atoms with Crippen molar-refractivity contribution >= 4 is 16.9 Å². The number of benzene rings is 1. The maximum absolute atomic E-state index is 13.5. The van der Waals surface area contributed by atoms with E-state index in [0.29, 0.717) is 25.9 Å². The number of rotatable bonds is 2. The molecule has 1 saturated heterocycles. The van der Waals surface area contributed by atoms with Gasteiger partial charge in [0.2, 0.25) is 5.82 Å². The molecule has 1 amide bonds. The fourth-order valence-corrected chi connectivity index (χ4v) is 3.52. The molecule has 0 unspecified atom stereocenters. The second-order valence-electron chi connectivity index (χ2n) is 6.44. The van der Waals surface area contributed by atoms with Crippen LogP contribution >= 0.6 is 0 Å². The summed E-state index contributed by atoms with van der Waals surface area (Å²) in [5.41, 5.74) is 0.205. The molecule has 9 heteroatoms. The van der Waals surface area contributed by atoms with Gasteiger partial charge in [-0.2, -0.15) is 13.2 Å². The Kier molecular flexibility index (Phi) is 4.16. The molecule has 3 aromatic rings. The number of furan rings is 1. The van der Waals surface area contributed by atoms with Gasteiger partial charge in [0.15, 0.2) is 5.76 Å². The number of fused-ring (bicyclic) bond motifs is 1. The number of nitrogens with zero attached hydrogens (tertiary/aromatic N) is 3. The van der Waals surface area contributed by atoms with E-state index in [9.17, 15) is 22.4 Å². The minimum absolute atomic E-state index is 0.0311. The molecule has 0 bridgehead atoms. The fourth-order valence-electron chi connectivity index (χ4n) is 3.52. The summed E-state index contributed by atoms with van der Waals surface area (Å²) in [7, 11) is 0. The molecule has 27 heavy (non-hydrogen) atoms. The number of piperidine rings is 1. The second-order valence-corrected chi connectivity index (χ2v) is 6.44. The summed E-state index contributed by atoms with van der Waals surface area (Å²) in [6, 6.07) is 6.10. The van der Waals surface area contributed by atoms with Crippen molar-refractivity contribution in [2.75, 3.05) is 13.1 Å². The third-order valence-electron chi connectivity index (χ3n) is 4.75. The van der Waals surface area contributed by atoms with Crippen molar-refractivity contribution in [1.29, 1.82) is 0 Å². The van der Waals surface area contributed by atoms with Crippen LogP contribution in [0.1, 0.15) is 35.3 Å². The molecule has 1 fully saturated rings. The van der Waals surface area contributed by atoms with Gasteiger partial charge in [0.05, 0.1) is 17.3 Å². The molecule has 0 saturated carbocycles. The highest BCUT2D eigenvalue weighted by Crippen LogP contribution is 2.37. The van der Waals surface area contributed by atoms with Crippen molar-refractivity contribution in [2.24, 2.45) is 0 Å². The summed E-state index contributed by atoms with van der Waals surface area (Å²) in [6.45, 7) is 0.588. The first-order chi connectivity index (χ1) is 12.8. The zero-order valence-electron chi connectivity index (χ0n) is 14.0. The van der Waals surface area contributed by atoms with Crippen LogP contribution in [-0.2, 0) is 6.18 Å². The molecular weight excluding hydrogens is 366 g/mol. The Hall–Kier alpha value is -2.84. The lowest BCUT2D eigenvalue weighted by Gasteiger charge is -2.33. The molecule has 0 atom stereocenters. The van der Waals surface area contributed by atoms with Crippen LogP contribution in [0.3, 0.4) is 0 Å². The molecule has 142 valence electrons. The van der Waals surface area contributed by atoms with Gasteiger partial charge in [-0.05, 0) is 37.1 Å². The zero-order valence-corrected chi connectivity index (χ0v) is 14.0. The van der Waals surface area contributed by atoms with Crippen molar-refractivity contribution < 1.29 is 26.8 Å². The number of alkyl halides is 3. The number of hydrogen-bond acceptors (Lipinski definition) is 3. The molecule has 5 nitrogen and oxygen atoms in total. The van der Waals surface area contributed by atoms with Gasteiger partial charge in [0.25, 0.3) is 5.91 Å². The Labute approximate surface area is 151 Å². The van der Waals surface area contributed by atoms with Crippen LogP contribution in [0.2, 0.25) is 0 Å². The zero-order chi connectivity index (χ0) is 19.2. The molecule has 0 radical (unpaired) electrons. The number of carbonyl (C=O) groups is 1. The van der Waals surface area contributed by atoms with E-state index in [1.807, 2.05) is 0 Å². The van der Waals surface area contributed by atoms with Gasteiger partial charge >= 0.3 is 6.18 Å². The standard InChI is InChI=1S/C18H15F4N3O2/c19-11-3-4-14-13(10-11)23-17(18(20,21)22)25(14)12-5-7-24(8-6-12)16(26)15-2-1-9-27-15/h1-4,9-10,12H,5-8H2. The van der Waals surface area contributed by atoms with Crippen LogP contribution in [-0.4, -0.2) is 33.4 Å². The molecule has 4 rings (SSSR count). The maximum atomic E-state index is 13.5. The largest absolute Gasteiger partial charge is 0.459 e. The molecular formula is C18H15F4N3O2. The minimum Gasteiger partial charge on any atom is -0.459 e. The van der Waals surface area contributed by atoms with E-state index in [1.54, 1.807) is 17.0 Å². The predicted octanol–water partition coefficient (Wildman–Crippen LogP) is 4.26. The molecule has 0 N–H and O–H groups in total. The van der Waals surface area contributed by atoms with Crippen LogP contribution in [0, 0.1) is 5.82 Å². The van der Waals surface area contributed by atoms with E-state index < -0.39 is 23.9 Å². The van der Waals surface area contributed by atoms with Gasteiger partial charge in [0, 0.05) is 25.2 Å². The Bertz CT molecular complexity index is 971. The average molecular weight is 381 g/mol. The Morgan fingerprint density at radius 1 is 1.19 bits per heavy atom. The average Bonchev–Trinajstić information content (AvgIpc) is 3.28. The lowest BCUT2D eigenvalue weighted by atomic mass is 10.0. The number of amides is 1. The van der Waals surface area contributed by atoms with Crippen molar-refractivity contribution in [1.82, 2.24) is 14.5 Å². The van der Waals surface area contributed by atoms with Gasteiger partial charge in [0.1, 0.15) is 5.82 Å². The molecule has 0 spiro atoms. The SMILES string of the molecule is O=C(c1ccco1)N1CCC(n2c(C(F)(F)F)nc3cc(F)ccc32)CC1. The second kappa shape index (κ2) is 6.40. The number of hydrogen-bond donors (Lipinski definition) is 0. The summed E-state index contributed by atoms with van der Waals surface area (Å²) in [6.07, 6.45) is -2.60. The monoisotopic (exact) mass is 381 g/mol. The van der Waals surface area contributed by atoms with Gasteiger partial charge in [-0.1, -0.05) is 0 Å². The van der Waals surface area contributed by atoms with Crippen LogP contribution in [0.15, 0.2) is 41.0 Å². The molecule has 2 aromatic heterocycles. The number of imidazole rings is 1. The van der Waals surface area contributed by atoms with Gasteiger partial charge in [-0.25, -0.2) is 9.37 Å². The molecule has 1 aliphatic heterocycles. The lowest BCUT2D eigenvalue weighted by Crippen LogP contribution is -2.39. The highest BCUT2D eigenvalue weighted by Gasteiger charge is 2.40. The quantitative estimate of drug-likeness (QED) is 0.623. The van der Waals surface area contributed by atoms with Crippen molar-refractivity contribution in [2.45, 2.75) is 25.1 Å². The Balaban J connectivity index is 1.63. The topological polar surface area (TPSA) is 51.3 Å². The normalized spacial score (nSPS) is 16.2. The van der Waals surface area contributed by atoms with Crippen molar-refractivity contribution in [3.05, 3.63) is 54.0 Å². The molecule has 3 heterocycles. The van der Waals surface area contributed by atoms with E-state index >= 15 is 0 Å². The highest BCUT2D eigenvalue weighted by molar-refractivity contribution is 5.91. The van der Waals surface area contributed by atoms with Crippen LogP contribution in [0.4, 0.5) is 17.6 Å². The minimum atomic E-state index is -4.66. The third-order valence-corrected chi connectivity index (χ3v) is 4.75. The number of likely N-dealkylation sites (tertiary alicyclic amines) is 1. The fraction of sp³-hybridized carbons (Fsp3) is 0.333. The molecule has 1 aromatic carbocycles. The summed E-state index contributed by atoms with van der Waals surface area (Å²) in [4.78, 5) is 17.5. The van der Waals surface area contributed by atoms with E-state index in [-0.39, 0.29) is 22.7 Å². The van der Waals surface area contributed by atoms with E-state index in [0.717, 1.165) is 16.7 Å². The Morgan fingerprint density at radius 2 is 1.93 bits per heavy atom. The van der Waals surface area contributed by atoms with E-state index in [1.165, 1.54) is 12.3 Å². The number of halogens is 4. The summed E-state index contributed by atoms with van der Waals surface area (Å²) >= 11 is 0. The van der Waals surface area contributed by atoms with Crippen LogP contribution < -0.4 is 0 Å².